The monoisotopic (exact) mass is 772 g/mol. The maximum atomic E-state index is 14.4. The molecule has 10 heteroatoms. The standard InChI is InChI=1S/C41H65BrN4O5/c1-29(2)23-36-39(51-41(4,5)50-36)35(25-31-15-9-7-10-16-31)44-40(49)33(24-30(3)42)26-37(47)46(27-32-17-11-8-12-18-32)28-38(48)45(6)22-20-34-19-13-14-21-43-34/h13-14,19,21,29,31-33,35-36,39H,3,7-12,15-18,20,22-28H2,1-2,4-6H3,(H,44,49)/t33-,35+,36+,39-/m1/s1. The molecule has 1 aromatic rings. The highest BCUT2D eigenvalue weighted by atomic mass is 79.9. The molecule has 4 atom stereocenters. The van der Waals surface area contributed by atoms with Gasteiger partial charge in [0, 0.05) is 44.9 Å². The molecule has 0 aromatic carbocycles. The molecule has 2 saturated carbocycles. The Morgan fingerprint density at radius 1 is 0.961 bits per heavy atom. The molecule has 3 amide bonds. The van der Waals surface area contributed by atoms with E-state index < -0.39 is 11.7 Å². The first-order valence-corrected chi connectivity index (χ1v) is 20.5. The van der Waals surface area contributed by atoms with E-state index >= 15 is 0 Å². The molecule has 3 aliphatic rings. The van der Waals surface area contributed by atoms with E-state index in [4.69, 9.17) is 9.47 Å². The summed E-state index contributed by atoms with van der Waals surface area (Å²) in [7, 11) is 1.79. The average molecular weight is 774 g/mol. The number of amides is 3. The summed E-state index contributed by atoms with van der Waals surface area (Å²) in [5.41, 5.74) is 0.923. The van der Waals surface area contributed by atoms with Crippen LogP contribution in [0.2, 0.25) is 0 Å². The molecule has 0 unspecified atom stereocenters. The van der Waals surface area contributed by atoms with Gasteiger partial charge in [0.25, 0.3) is 0 Å². The lowest BCUT2D eigenvalue weighted by Crippen LogP contribution is -2.51. The van der Waals surface area contributed by atoms with Gasteiger partial charge in [-0.3, -0.25) is 19.4 Å². The van der Waals surface area contributed by atoms with E-state index in [-0.39, 0.29) is 48.9 Å². The van der Waals surface area contributed by atoms with E-state index in [1.54, 1.807) is 23.0 Å². The zero-order valence-corrected chi connectivity index (χ0v) is 33.6. The number of aromatic nitrogens is 1. The summed E-state index contributed by atoms with van der Waals surface area (Å²) in [6.45, 7) is 13.4. The predicted molar refractivity (Wildman–Crippen MR) is 206 cm³/mol. The fourth-order valence-corrected chi connectivity index (χ4v) is 8.64. The predicted octanol–water partition coefficient (Wildman–Crippen LogP) is 7.82. The van der Waals surface area contributed by atoms with E-state index in [1.165, 1.54) is 25.7 Å². The van der Waals surface area contributed by atoms with Crippen LogP contribution < -0.4 is 5.32 Å². The second kappa shape index (κ2) is 20.2. The van der Waals surface area contributed by atoms with Crippen LogP contribution >= 0.6 is 15.9 Å². The van der Waals surface area contributed by atoms with Crippen molar-refractivity contribution in [3.05, 3.63) is 41.2 Å². The number of halogens is 1. The summed E-state index contributed by atoms with van der Waals surface area (Å²) < 4.78 is 13.7. The highest BCUT2D eigenvalue weighted by Crippen LogP contribution is 2.37. The largest absolute Gasteiger partial charge is 0.350 e. The highest BCUT2D eigenvalue weighted by molar-refractivity contribution is 9.11. The van der Waals surface area contributed by atoms with Crippen molar-refractivity contribution in [1.29, 1.82) is 0 Å². The molecule has 3 fully saturated rings. The quantitative estimate of drug-likeness (QED) is 0.163. The fraction of sp³-hybridized carbons (Fsp3) is 0.756. The van der Waals surface area contributed by atoms with Crippen molar-refractivity contribution in [2.45, 2.75) is 148 Å². The molecule has 1 saturated heterocycles. The molecule has 286 valence electrons. The molecule has 51 heavy (non-hydrogen) atoms. The van der Waals surface area contributed by atoms with Gasteiger partial charge in [0.1, 0.15) is 6.10 Å². The molecule has 4 rings (SSSR count). The average Bonchev–Trinajstić information content (AvgIpc) is 3.40. The summed E-state index contributed by atoms with van der Waals surface area (Å²) >= 11 is 3.50. The van der Waals surface area contributed by atoms with Gasteiger partial charge < -0.3 is 24.6 Å². The second-order valence-corrected chi connectivity index (χ2v) is 17.5. The third kappa shape index (κ3) is 13.9. The van der Waals surface area contributed by atoms with Crippen LogP contribution in [-0.4, -0.2) is 83.2 Å². The van der Waals surface area contributed by atoms with E-state index in [2.05, 4.69) is 46.7 Å². The van der Waals surface area contributed by atoms with Crippen LogP contribution in [0, 0.1) is 23.7 Å². The number of pyridine rings is 1. The number of carbonyl (C=O) groups excluding carboxylic acids is 3. The summed E-state index contributed by atoms with van der Waals surface area (Å²) in [6, 6.07) is 5.54. The zero-order valence-electron chi connectivity index (χ0n) is 32.0. The van der Waals surface area contributed by atoms with Crippen LogP contribution in [0.1, 0.15) is 123 Å². The van der Waals surface area contributed by atoms with Crippen LogP contribution in [0.25, 0.3) is 0 Å². The number of carbonyl (C=O) groups is 3. The number of hydrogen-bond acceptors (Lipinski definition) is 6. The third-order valence-electron chi connectivity index (χ3n) is 11.0. The van der Waals surface area contributed by atoms with Crippen LogP contribution in [-0.2, 0) is 30.3 Å². The minimum Gasteiger partial charge on any atom is -0.350 e. The highest BCUT2D eigenvalue weighted by Gasteiger charge is 2.46. The summed E-state index contributed by atoms with van der Waals surface area (Å²) in [6.07, 6.45) is 15.6. The zero-order chi connectivity index (χ0) is 37.0. The maximum Gasteiger partial charge on any atom is 0.241 e. The number of hydrogen-bond donors (Lipinski definition) is 1. The van der Waals surface area contributed by atoms with Gasteiger partial charge >= 0.3 is 0 Å². The van der Waals surface area contributed by atoms with E-state index in [0.29, 0.717) is 48.2 Å². The Morgan fingerprint density at radius 2 is 1.63 bits per heavy atom. The fourth-order valence-electron chi connectivity index (χ4n) is 8.25. The molecule has 9 nitrogen and oxygen atoms in total. The number of nitrogens with one attached hydrogen (secondary N) is 1. The molecule has 2 aliphatic carbocycles. The maximum absolute atomic E-state index is 14.4. The van der Waals surface area contributed by atoms with E-state index in [1.807, 2.05) is 32.0 Å². The van der Waals surface area contributed by atoms with Crippen LogP contribution in [0.5, 0.6) is 0 Å². The second-order valence-electron chi connectivity index (χ2n) is 16.4. The normalized spacial score (nSPS) is 22.3. The minimum atomic E-state index is -0.740. The van der Waals surface area contributed by atoms with Crippen molar-refractivity contribution < 1.29 is 23.9 Å². The molecular weight excluding hydrogens is 708 g/mol. The number of rotatable bonds is 18. The lowest BCUT2D eigenvalue weighted by molar-refractivity contribution is -0.151. The van der Waals surface area contributed by atoms with Crippen molar-refractivity contribution in [2.24, 2.45) is 23.7 Å². The Morgan fingerprint density at radius 3 is 2.24 bits per heavy atom. The Labute approximate surface area is 316 Å². The first-order chi connectivity index (χ1) is 24.3. The van der Waals surface area contributed by atoms with E-state index in [9.17, 15) is 14.4 Å². The number of ether oxygens (including phenoxy) is 2. The van der Waals surface area contributed by atoms with Crippen molar-refractivity contribution in [2.75, 3.05) is 26.7 Å². The molecule has 2 heterocycles. The number of nitrogens with zero attached hydrogens (tertiary/aromatic N) is 3. The van der Waals surface area contributed by atoms with Gasteiger partial charge in [-0.2, -0.15) is 0 Å². The van der Waals surface area contributed by atoms with Crippen LogP contribution in [0.15, 0.2) is 35.5 Å². The summed E-state index contributed by atoms with van der Waals surface area (Å²) in [5, 5.41) is 3.41. The molecule has 0 bridgehead atoms. The van der Waals surface area contributed by atoms with Crippen molar-refractivity contribution in [3.63, 3.8) is 0 Å². The van der Waals surface area contributed by atoms with Gasteiger partial charge in [0.05, 0.1) is 24.6 Å². The Kier molecular flexibility index (Phi) is 16.4. The van der Waals surface area contributed by atoms with Gasteiger partial charge in [0.15, 0.2) is 5.79 Å². The molecule has 0 spiro atoms. The third-order valence-corrected chi connectivity index (χ3v) is 11.3. The molecule has 1 aliphatic heterocycles. The van der Waals surface area contributed by atoms with Crippen LogP contribution in [0.3, 0.4) is 0 Å². The van der Waals surface area contributed by atoms with Crippen molar-refractivity contribution in [1.82, 2.24) is 20.1 Å². The lowest BCUT2D eigenvalue weighted by Gasteiger charge is -2.34. The Balaban J connectivity index is 1.50. The Hall–Kier alpha value is -2.30. The Bertz CT molecular complexity index is 1260. The van der Waals surface area contributed by atoms with Gasteiger partial charge in [-0.15, -0.1) is 0 Å². The van der Waals surface area contributed by atoms with Crippen molar-refractivity contribution >= 4 is 33.7 Å². The summed E-state index contributed by atoms with van der Waals surface area (Å²) in [4.78, 5) is 49.9. The SMILES string of the molecule is C=C(Br)C[C@H](CC(=O)N(CC(=O)N(C)CCc1ccccn1)CC1CCCCC1)C(=O)N[C@@H](CC1CCCCC1)[C@H]1OC(C)(C)O[C@H]1CC(C)C. The van der Waals surface area contributed by atoms with Gasteiger partial charge in [0.2, 0.25) is 17.7 Å². The number of allylic oxidation sites excluding steroid dienone is 1. The first kappa shape index (κ1) is 41.5. The molecule has 1 aromatic heterocycles. The van der Waals surface area contributed by atoms with Gasteiger partial charge in [-0.1, -0.05) is 93.8 Å². The molecule has 0 radical (unpaired) electrons. The molecular formula is C41H65BrN4O5. The first-order valence-electron chi connectivity index (χ1n) is 19.7. The number of likely N-dealkylation sites (N-methyl/N-ethyl adjacent to an activating group) is 1. The van der Waals surface area contributed by atoms with Crippen LogP contribution in [0.4, 0.5) is 0 Å². The van der Waals surface area contributed by atoms with Gasteiger partial charge in [-0.05, 0) is 80.3 Å². The topological polar surface area (TPSA) is 101 Å². The summed E-state index contributed by atoms with van der Waals surface area (Å²) in [5.74, 6) is -0.538. The van der Waals surface area contributed by atoms with Gasteiger partial charge in [-0.25, -0.2) is 0 Å². The minimum absolute atomic E-state index is 0.00116. The lowest BCUT2D eigenvalue weighted by atomic mass is 9.82. The van der Waals surface area contributed by atoms with E-state index in [0.717, 1.165) is 57.1 Å². The molecule has 1 N–H and O–H groups in total. The smallest absolute Gasteiger partial charge is 0.241 e. The van der Waals surface area contributed by atoms with Crippen molar-refractivity contribution in [3.8, 4) is 0 Å².